The monoisotopic (exact) mass is 253 g/mol. The molecule has 0 saturated heterocycles. The van der Waals surface area contributed by atoms with Crippen LogP contribution in [0, 0.1) is 6.92 Å². The fourth-order valence-electron chi connectivity index (χ4n) is 1.16. The van der Waals surface area contributed by atoms with Crippen LogP contribution in [0.5, 0.6) is 0 Å². The summed E-state index contributed by atoms with van der Waals surface area (Å²) in [6.07, 6.45) is 1.55. The Morgan fingerprint density at radius 2 is 2.31 bits per heavy atom. The van der Waals surface area contributed by atoms with Crippen LogP contribution in [0.1, 0.15) is 12.7 Å². The average Bonchev–Trinajstić information content (AvgIpc) is 2.70. The molecule has 2 heterocycles. The highest BCUT2D eigenvalue weighted by Gasteiger charge is 2.05. The Bertz CT molecular complexity index is 457. The van der Waals surface area contributed by atoms with Gasteiger partial charge < -0.3 is 5.32 Å². The Hall–Kier alpha value is -1.21. The zero-order valence-electron chi connectivity index (χ0n) is 8.97. The molecule has 5 nitrogen and oxygen atoms in total. The van der Waals surface area contributed by atoms with E-state index in [2.05, 4.69) is 24.6 Å². The van der Waals surface area contributed by atoms with Crippen molar-refractivity contribution < 1.29 is 0 Å². The second kappa shape index (κ2) is 5.22. The zero-order chi connectivity index (χ0) is 11.4. The lowest BCUT2D eigenvalue weighted by atomic mass is 10.5. The molecule has 2 aromatic heterocycles. The third-order valence-corrected chi connectivity index (χ3v) is 3.34. The van der Waals surface area contributed by atoms with Crippen LogP contribution in [-0.4, -0.2) is 25.9 Å². The minimum absolute atomic E-state index is 0.755. The molecule has 2 rings (SSSR count). The molecule has 0 saturated carbocycles. The fraction of sp³-hybridized carbons (Fsp3) is 0.333. The van der Waals surface area contributed by atoms with Gasteiger partial charge in [0.05, 0.1) is 0 Å². The van der Waals surface area contributed by atoms with E-state index in [1.807, 2.05) is 19.9 Å². The van der Waals surface area contributed by atoms with Gasteiger partial charge in [-0.3, -0.25) is 0 Å². The number of nitrogens with one attached hydrogen (secondary N) is 1. The predicted molar refractivity (Wildman–Crippen MR) is 65.0 cm³/mol. The molecule has 0 aromatic carbocycles. The maximum atomic E-state index is 4.34. The highest BCUT2D eigenvalue weighted by Crippen LogP contribution is 2.27. The molecule has 7 heteroatoms. The van der Waals surface area contributed by atoms with E-state index < -0.39 is 0 Å². The normalized spacial score (nSPS) is 10.4. The summed E-state index contributed by atoms with van der Waals surface area (Å²) in [4.78, 5) is 12.7. The Kier molecular flexibility index (Phi) is 3.68. The van der Waals surface area contributed by atoms with Gasteiger partial charge in [0.25, 0.3) is 0 Å². The fourth-order valence-corrected chi connectivity index (χ4v) is 2.60. The SMILES string of the molecule is CCNc1cc(Sc2ncns2)nc(C)n1. The highest BCUT2D eigenvalue weighted by molar-refractivity contribution is 8.00. The molecule has 84 valence electrons. The number of nitrogens with zero attached hydrogens (tertiary/aromatic N) is 4. The van der Waals surface area contributed by atoms with Crippen molar-refractivity contribution in [2.24, 2.45) is 0 Å². The van der Waals surface area contributed by atoms with Gasteiger partial charge in [0.2, 0.25) is 0 Å². The minimum atomic E-state index is 0.755. The topological polar surface area (TPSA) is 63.6 Å². The van der Waals surface area contributed by atoms with Gasteiger partial charge >= 0.3 is 0 Å². The standard InChI is InChI=1S/C9H11N5S2/c1-3-10-7-4-8(14-6(2)13-7)15-9-11-5-12-16-9/h4-5H,3H2,1-2H3,(H,10,13,14). The summed E-state index contributed by atoms with van der Waals surface area (Å²) >= 11 is 2.87. The van der Waals surface area contributed by atoms with Crippen molar-refractivity contribution in [3.05, 3.63) is 18.2 Å². The first-order valence-electron chi connectivity index (χ1n) is 4.82. The molecule has 0 atom stereocenters. The predicted octanol–water partition coefficient (Wildman–Crippen LogP) is 2.22. The summed E-state index contributed by atoms with van der Waals surface area (Å²) in [6.45, 7) is 4.76. The average molecular weight is 253 g/mol. The van der Waals surface area contributed by atoms with Crippen LogP contribution < -0.4 is 5.32 Å². The van der Waals surface area contributed by atoms with E-state index in [-0.39, 0.29) is 0 Å². The quantitative estimate of drug-likeness (QED) is 0.843. The van der Waals surface area contributed by atoms with Crippen molar-refractivity contribution in [1.29, 1.82) is 0 Å². The molecular weight excluding hydrogens is 242 g/mol. The van der Waals surface area contributed by atoms with Crippen LogP contribution in [-0.2, 0) is 0 Å². The zero-order valence-corrected chi connectivity index (χ0v) is 10.6. The van der Waals surface area contributed by atoms with Gasteiger partial charge in [-0.2, -0.15) is 4.37 Å². The van der Waals surface area contributed by atoms with E-state index in [1.165, 1.54) is 23.3 Å². The maximum absolute atomic E-state index is 4.34. The molecule has 0 unspecified atom stereocenters. The van der Waals surface area contributed by atoms with Crippen LogP contribution >= 0.6 is 23.3 Å². The van der Waals surface area contributed by atoms with E-state index in [4.69, 9.17) is 0 Å². The molecule has 1 N–H and O–H groups in total. The molecular formula is C9H11N5S2. The number of anilines is 1. The van der Waals surface area contributed by atoms with Crippen molar-refractivity contribution in [1.82, 2.24) is 19.3 Å². The molecule has 0 aliphatic heterocycles. The first-order chi connectivity index (χ1) is 7.78. The number of rotatable bonds is 4. The van der Waals surface area contributed by atoms with Crippen molar-refractivity contribution >= 4 is 29.1 Å². The summed E-state index contributed by atoms with van der Waals surface area (Å²) in [5.74, 6) is 1.60. The molecule has 0 radical (unpaired) electrons. The van der Waals surface area contributed by atoms with Crippen molar-refractivity contribution in [3.8, 4) is 0 Å². The molecule has 0 aliphatic rings. The van der Waals surface area contributed by atoms with Crippen LogP contribution in [0.15, 0.2) is 21.8 Å². The Morgan fingerprint density at radius 3 is 3.00 bits per heavy atom. The van der Waals surface area contributed by atoms with Crippen molar-refractivity contribution in [3.63, 3.8) is 0 Å². The third kappa shape index (κ3) is 2.89. The number of aromatic nitrogens is 4. The highest BCUT2D eigenvalue weighted by atomic mass is 32.2. The van der Waals surface area contributed by atoms with Crippen LogP contribution in [0.25, 0.3) is 0 Å². The molecule has 2 aromatic rings. The minimum Gasteiger partial charge on any atom is -0.370 e. The van der Waals surface area contributed by atoms with Gasteiger partial charge in [0, 0.05) is 12.6 Å². The lowest BCUT2D eigenvalue weighted by molar-refractivity contribution is 0.959. The van der Waals surface area contributed by atoms with Crippen LogP contribution in [0.3, 0.4) is 0 Å². The summed E-state index contributed by atoms with van der Waals surface area (Å²) in [7, 11) is 0. The maximum Gasteiger partial charge on any atom is 0.175 e. The third-order valence-electron chi connectivity index (χ3n) is 1.71. The van der Waals surface area contributed by atoms with E-state index in [0.717, 1.165) is 27.6 Å². The second-order valence-corrected chi connectivity index (χ2v) is 5.03. The van der Waals surface area contributed by atoms with Gasteiger partial charge in [-0.15, -0.1) is 0 Å². The number of aryl methyl sites for hydroxylation is 1. The molecule has 0 spiro atoms. The van der Waals surface area contributed by atoms with E-state index in [1.54, 1.807) is 6.33 Å². The largest absolute Gasteiger partial charge is 0.370 e. The summed E-state index contributed by atoms with van der Waals surface area (Å²) < 4.78 is 4.84. The Balaban J connectivity index is 2.20. The summed E-state index contributed by atoms with van der Waals surface area (Å²) in [5.41, 5.74) is 0. The lowest BCUT2D eigenvalue weighted by Crippen LogP contribution is -2.01. The molecule has 0 aliphatic carbocycles. The smallest absolute Gasteiger partial charge is 0.175 e. The van der Waals surface area contributed by atoms with Crippen molar-refractivity contribution in [2.75, 3.05) is 11.9 Å². The summed E-state index contributed by atoms with van der Waals surface area (Å²) in [5, 5.41) is 4.06. The second-order valence-electron chi connectivity index (χ2n) is 2.98. The Morgan fingerprint density at radius 1 is 1.44 bits per heavy atom. The first kappa shape index (κ1) is 11.3. The van der Waals surface area contributed by atoms with Crippen molar-refractivity contribution in [2.45, 2.75) is 23.2 Å². The molecule has 0 fully saturated rings. The molecule has 0 bridgehead atoms. The van der Waals surface area contributed by atoms with E-state index >= 15 is 0 Å². The van der Waals surface area contributed by atoms with Gasteiger partial charge in [-0.05, 0) is 37.1 Å². The molecule has 16 heavy (non-hydrogen) atoms. The first-order valence-corrected chi connectivity index (χ1v) is 6.41. The Labute approximate surface area is 102 Å². The van der Waals surface area contributed by atoms with Crippen LogP contribution in [0.4, 0.5) is 5.82 Å². The molecule has 0 amide bonds. The number of hydrogen-bond donors (Lipinski definition) is 1. The van der Waals surface area contributed by atoms with Gasteiger partial charge in [-0.25, -0.2) is 15.0 Å². The van der Waals surface area contributed by atoms with E-state index in [0.29, 0.717) is 0 Å². The van der Waals surface area contributed by atoms with Crippen LogP contribution in [0.2, 0.25) is 0 Å². The van der Waals surface area contributed by atoms with Gasteiger partial charge in [0.1, 0.15) is 23.0 Å². The van der Waals surface area contributed by atoms with Gasteiger partial charge in [0.15, 0.2) is 4.34 Å². The number of hydrogen-bond acceptors (Lipinski definition) is 7. The lowest BCUT2D eigenvalue weighted by Gasteiger charge is -2.04. The van der Waals surface area contributed by atoms with E-state index in [9.17, 15) is 0 Å². The summed E-state index contributed by atoms with van der Waals surface area (Å²) in [6, 6.07) is 1.92. The van der Waals surface area contributed by atoms with Gasteiger partial charge in [-0.1, -0.05) is 0 Å².